The van der Waals surface area contributed by atoms with Crippen molar-refractivity contribution in [3.8, 4) is 0 Å². The van der Waals surface area contributed by atoms with Gasteiger partial charge in [-0.15, -0.1) is 0 Å². The molecule has 1 aromatic rings. The molecule has 0 unspecified atom stereocenters. The van der Waals surface area contributed by atoms with Crippen molar-refractivity contribution in [2.24, 2.45) is 0 Å². The van der Waals surface area contributed by atoms with Gasteiger partial charge in [0.15, 0.2) is 0 Å². The van der Waals surface area contributed by atoms with Crippen molar-refractivity contribution in [1.82, 2.24) is 5.32 Å². The predicted octanol–water partition coefficient (Wildman–Crippen LogP) is 2.29. The van der Waals surface area contributed by atoms with Crippen LogP contribution in [0.1, 0.15) is 30.1 Å². The second-order valence-electron chi connectivity index (χ2n) is 4.68. The Morgan fingerprint density at radius 3 is 2.52 bits per heavy atom. The van der Waals surface area contributed by atoms with Gasteiger partial charge in [-0.25, -0.2) is 0 Å². The lowest BCUT2D eigenvalue weighted by atomic mass is 10.2. The van der Waals surface area contributed by atoms with Crippen LogP contribution >= 0.6 is 0 Å². The van der Waals surface area contributed by atoms with E-state index in [1.165, 1.54) is 0 Å². The zero-order valence-corrected chi connectivity index (χ0v) is 13.0. The smallest absolute Gasteiger partial charge is 0.251 e. The topological polar surface area (TPSA) is 59.6 Å². The van der Waals surface area contributed by atoms with Crippen LogP contribution < -0.4 is 10.6 Å². The van der Waals surface area contributed by atoms with Gasteiger partial charge in [-0.3, -0.25) is 4.79 Å². The molecular formula is C16H26N2O3. The maximum atomic E-state index is 11.9. The van der Waals surface area contributed by atoms with Crippen molar-refractivity contribution in [1.29, 1.82) is 0 Å². The van der Waals surface area contributed by atoms with Crippen LogP contribution in [0.2, 0.25) is 0 Å². The summed E-state index contributed by atoms with van der Waals surface area (Å²) < 4.78 is 10.2. The number of unbranched alkanes of at least 4 members (excludes halogenated alkanes) is 1. The molecule has 0 spiro atoms. The van der Waals surface area contributed by atoms with E-state index >= 15 is 0 Å². The molecule has 0 radical (unpaired) electrons. The first kappa shape index (κ1) is 17.5. The van der Waals surface area contributed by atoms with Gasteiger partial charge < -0.3 is 20.1 Å². The summed E-state index contributed by atoms with van der Waals surface area (Å²) in [6.45, 7) is 5.54. The van der Waals surface area contributed by atoms with E-state index in [2.05, 4.69) is 10.6 Å². The van der Waals surface area contributed by atoms with E-state index < -0.39 is 0 Å². The molecule has 5 heteroatoms. The number of anilines is 1. The molecule has 118 valence electrons. The lowest BCUT2D eigenvalue weighted by molar-refractivity contribution is 0.0686. The fraction of sp³-hybridized carbons (Fsp3) is 0.562. The molecule has 2 N–H and O–H groups in total. The number of nitrogens with one attached hydrogen (secondary N) is 2. The Labute approximate surface area is 127 Å². The molecule has 0 atom stereocenters. The lowest BCUT2D eigenvalue weighted by Gasteiger charge is -2.07. The molecule has 0 saturated heterocycles. The summed E-state index contributed by atoms with van der Waals surface area (Å²) in [7, 11) is 1.66. The van der Waals surface area contributed by atoms with Crippen LogP contribution in [-0.4, -0.2) is 45.9 Å². The number of carbonyl (C=O) groups is 1. The number of amides is 1. The average Bonchev–Trinajstić information content (AvgIpc) is 2.51. The van der Waals surface area contributed by atoms with Crippen LogP contribution in [0.4, 0.5) is 5.69 Å². The summed E-state index contributed by atoms with van der Waals surface area (Å²) >= 11 is 0. The molecule has 0 aliphatic heterocycles. The zero-order valence-electron chi connectivity index (χ0n) is 13.0. The van der Waals surface area contributed by atoms with Gasteiger partial charge in [0.2, 0.25) is 0 Å². The Morgan fingerprint density at radius 1 is 1.10 bits per heavy atom. The minimum absolute atomic E-state index is 0.0293. The molecular weight excluding hydrogens is 268 g/mol. The van der Waals surface area contributed by atoms with E-state index in [1.807, 2.05) is 31.2 Å². The van der Waals surface area contributed by atoms with Crippen LogP contribution in [0.25, 0.3) is 0 Å². The minimum Gasteiger partial charge on any atom is -0.385 e. The van der Waals surface area contributed by atoms with Crippen molar-refractivity contribution >= 4 is 11.6 Å². The van der Waals surface area contributed by atoms with E-state index in [4.69, 9.17) is 9.47 Å². The Kier molecular flexibility index (Phi) is 9.24. The summed E-state index contributed by atoms with van der Waals surface area (Å²) in [6.07, 6.45) is 1.84. The first-order chi connectivity index (χ1) is 10.3. The number of hydrogen-bond acceptors (Lipinski definition) is 4. The second-order valence-corrected chi connectivity index (χ2v) is 4.68. The van der Waals surface area contributed by atoms with E-state index in [0.29, 0.717) is 31.9 Å². The SMILES string of the molecule is CCNc1ccc(C(=O)NCCCCOCCOC)cc1. The largest absolute Gasteiger partial charge is 0.385 e. The van der Waals surface area contributed by atoms with E-state index in [1.54, 1.807) is 7.11 Å². The van der Waals surface area contributed by atoms with Gasteiger partial charge in [0.25, 0.3) is 5.91 Å². The normalized spacial score (nSPS) is 10.4. The number of rotatable bonds is 11. The molecule has 1 aromatic carbocycles. The van der Waals surface area contributed by atoms with Crippen molar-refractivity contribution < 1.29 is 14.3 Å². The molecule has 0 aliphatic carbocycles. The molecule has 0 fully saturated rings. The van der Waals surface area contributed by atoms with E-state index in [0.717, 1.165) is 25.1 Å². The zero-order chi connectivity index (χ0) is 15.3. The maximum Gasteiger partial charge on any atom is 0.251 e. The highest BCUT2D eigenvalue weighted by Crippen LogP contribution is 2.09. The minimum atomic E-state index is -0.0293. The predicted molar refractivity (Wildman–Crippen MR) is 84.9 cm³/mol. The van der Waals surface area contributed by atoms with Crippen LogP contribution in [0, 0.1) is 0 Å². The van der Waals surface area contributed by atoms with Crippen molar-refractivity contribution in [3.05, 3.63) is 29.8 Å². The molecule has 0 aliphatic rings. The number of hydrogen-bond donors (Lipinski definition) is 2. The highest BCUT2D eigenvalue weighted by Gasteiger charge is 2.04. The first-order valence-electron chi connectivity index (χ1n) is 7.46. The van der Waals surface area contributed by atoms with E-state index in [9.17, 15) is 4.79 Å². The standard InChI is InChI=1S/C16H26N2O3/c1-3-17-15-8-6-14(7-9-15)16(19)18-10-4-5-11-21-13-12-20-2/h6-9,17H,3-5,10-13H2,1-2H3,(H,18,19). The first-order valence-corrected chi connectivity index (χ1v) is 7.46. The van der Waals surface area contributed by atoms with Crippen LogP contribution in [0.5, 0.6) is 0 Å². The van der Waals surface area contributed by atoms with Crippen molar-refractivity contribution in [3.63, 3.8) is 0 Å². The fourth-order valence-corrected chi connectivity index (χ4v) is 1.82. The Hall–Kier alpha value is -1.59. The quantitative estimate of drug-likeness (QED) is 0.615. The highest BCUT2D eigenvalue weighted by atomic mass is 16.5. The van der Waals surface area contributed by atoms with Crippen molar-refractivity contribution in [2.45, 2.75) is 19.8 Å². The third-order valence-electron chi connectivity index (χ3n) is 2.96. The fourth-order valence-electron chi connectivity index (χ4n) is 1.82. The maximum absolute atomic E-state index is 11.9. The van der Waals surface area contributed by atoms with Crippen LogP contribution in [0.3, 0.4) is 0 Å². The van der Waals surface area contributed by atoms with Gasteiger partial charge in [-0.05, 0) is 44.0 Å². The Morgan fingerprint density at radius 2 is 1.86 bits per heavy atom. The highest BCUT2D eigenvalue weighted by molar-refractivity contribution is 5.94. The Balaban J connectivity index is 2.13. The van der Waals surface area contributed by atoms with Gasteiger partial charge in [0.1, 0.15) is 0 Å². The number of ether oxygens (including phenoxy) is 2. The van der Waals surface area contributed by atoms with Gasteiger partial charge >= 0.3 is 0 Å². The Bertz CT molecular complexity index is 393. The average molecular weight is 294 g/mol. The van der Waals surface area contributed by atoms with E-state index in [-0.39, 0.29) is 5.91 Å². The molecule has 0 aromatic heterocycles. The molecule has 0 saturated carbocycles. The lowest BCUT2D eigenvalue weighted by Crippen LogP contribution is -2.24. The number of carbonyl (C=O) groups excluding carboxylic acids is 1. The summed E-state index contributed by atoms with van der Waals surface area (Å²) in [4.78, 5) is 11.9. The number of benzene rings is 1. The van der Waals surface area contributed by atoms with Gasteiger partial charge in [-0.1, -0.05) is 0 Å². The number of methoxy groups -OCH3 is 1. The van der Waals surface area contributed by atoms with Crippen LogP contribution in [-0.2, 0) is 9.47 Å². The van der Waals surface area contributed by atoms with Crippen molar-refractivity contribution in [2.75, 3.05) is 45.3 Å². The monoisotopic (exact) mass is 294 g/mol. The van der Waals surface area contributed by atoms with Crippen LogP contribution in [0.15, 0.2) is 24.3 Å². The third-order valence-corrected chi connectivity index (χ3v) is 2.96. The summed E-state index contributed by atoms with van der Waals surface area (Å²) in [6, 6.07) is 7.51. The molecule has 5 nitrogen and oxygen atoms in total. The summed E-state index contributed by atoms with van der Waals surface area (Å²) in [5, 5.41) is 6.11. The summed E-state index contributed by atoms with van der Waals surface area (Å²) in [5.41, 5.74) is 1.72. The second kappa shape index (κ2) is 11.1. The molecule has 1 rings (SSSR count). The molecule has 0 heterocycles. The van der Waals surface area contributed by atoms with Gasteiger partial charge in [0, 0.05) is 38.1 Å². The molecule has 21 heavy (non-hydrogen) atoms. The third kappa shape index (κ3) is 7.68. The summed E-state index contributed by atoms with van der Waals surface area (Å²) in [5.74, 6) is -0.0293. The van der Waals surface area contributed by atoms with Gasteiger partial charge in [-0.2, -0.15) is 0 Å². The van der Waals surface area contributed by atoms with Gasteiger partial charge in [0.05, 0.1) is 13.2 Å². The molecule has 0 bridgehead atoms. The molecule has 1 amide bonds.